The van der Waals surface area contributed by atoms with E-state index in [1.165, 1.54) is 36.8 Å². The average molecular weight is 272 g/mol. The molecule has 0 saturated carbocycles. The van der Waals surface area contributed by atoms with Gasteiger partial charge in [0.1, 0.15) is 0 Å². The summed E-state index contributed by atoms with van der Waals surface area (Å²) in [6.45, 7) is 0.432. The predicted molar refractivity (Wildman–Crippen MR) is 78.9 cm³/mol. The Morgan fingerprint density at radius 3 is 2.84 bits per heavy atom. The van der Waals surface area contributed by atoms with Gasteiger partial charge in [0.15, 0.2) is 0 Å². The van der Waals surface area contributed by atoms with Crippen molar-refractivity contribution in [1.82, 2.24) is 15.0 Å². The zero-order valence-electron chi connectivity index (χ0n) is 10.7. The third kappa shape index (κ3) is 2.51. The van der Waals surface area contributed by atoms with Crippen LogP contribution in [0.1, 0.15) is 24.0 Å². The van der Waals surface area contributed by atoms with E-state index in [0.29, 0.717) is 11.5 Å². The Bertz CT molecular complexity index is 618. The lowest BCUT2D eigenvalue weighted by Gasteiger charge is -2.16. The summed E-state index contributed by atoms with van der Waals surface area (Å²) in [7, 11) is 0. The number of hydrogen-bond acceptors (Lipinski definition) is 3. The summed E-state index contributed by atoms with van der Waals surface area (Å²) in [5.41, 5.74) is 10.6. The van der Waals surface area contributed by atoms with Crippen LogP contribution in [0.5, 0.6) is 0 Å². The topological polar surface area (TPSA) is 56.7 Å². The molecule has 1 aromatic carbocycles. The molecule has 3 rings (SSSR count). The second kappa shape index (κ2) is 5.09. The van der Waals surface area contributed by atoms with Crippen LogP contribution >= 0.6 is 12.2 Å². The van der Waals surface area contributed by atoms with Crippen molar-refractivity contribution in [3.05, 3.63) is 35.5 Å². The molecule has 1 aromatic heterocycles. The first-order valence-electron chi connectivity index (χ1n) is 6.53. The fourth-order valence-corrected chi connectivity index (χ4v) is 2.76. The van der Waals surface area contributed by atoms with E-state index in [9.17, 15) is 0 Å². The summed E-state index contributed by atoms with van der Waals surface area (Å²) in [5, 5.41) is 8.01. The number of nitrogens with zero attached hydrogens (tertiary/aromatic N) is 3. The smallest absolute Gasteiger partial charge is 0.0946 e. The maximum atomic E-state index is 5.58. The number of fused-ring (bicyclic) bond motifs is 1. The van der Waals surface area contributed by atoms with Gasteiger partial charge in [0.05, 0.1) is 23.4 Å². The molecule has 4 nitrogen and oxygen atoms in total. The number of hydrogen-bond donors (Lipinski definition) is 1. The van der Waals surface area contributed by atoms with Gasteiger partial charge in [0.25, 0.3) is 0 Å². The zero-order valence-corrected chi connectivity index (χ0v) is 11.5. The summed E-state index contributed by atoms with van der Waals surface area (Å²) in [5.74, 6) is 0. The molecule has 5 heteroatoms. The minimum Gasteiger partial charge on any atom is -0.392 e. The zero-order chi connectivity index (χ0) is 13.2. The van der Waals surface area contributed by atoms with Gasteiger partial charge < -0.3 is 5.73 Å². The molecule has 98 valence electrons. The van der Waals surface area contributed by atoms with Gasteiger partial charge in [0, 0.05) is 5.56 Å². The molecule has 0 unspecified atom stereocenters. The van der Waals surface area contributed by atoms with Crippen molar-refractivity contribution in [3.63, 3.8) is 0 Å². The van der Waals surface area contributed by atoms with Crippen LogP contribution < -0.4 is 5.73 Å². The number of aromatic nitrogens is 3. The van der Waals surface area contributed by atoms with Gasteiger partial charge in [-0.1, -0.05) is 29.6 Å². The van der Waals surface area contributed by atoms with Gasteiger partial charge in [-0.05, 0) is 42.9 Å². The Kier molecular flexibility index (Phi) is 3.29. The van der Waals surface area contributed by atoms with Gasteiger partial charge in [0.2, 0.25) is 0 Å². The standard InChI is InChI=1S/C14H16N4S/c15-14(19)9-18-13(8-16-17-18)12-6-5-10-3-1-2-4-11(10)7-12/h5-8H,1-4,9H2,(H2,15,19). The number of nitrogens with two attached hydrogens (primary N) is 1. The number of aryl methyl sites for hydroxylation is 2. The quantitative estimate of drug-likeness (QED) is 0.869. The van der Waals surface area contributed by atoms with Crippen molar-refractivity contribution in [3.8, 4) is 11.3 Å². The highest BCUT2D eigenvalue weighted by Crippen LogP contribution is 2.26. The van der Waals surface area contributed by atoms with E-state index < -0.39 is 0 Å². The van der Waals surface area contributed by atoms with E-state index in [1.807, 2.05) is 0 Å². The Hall–Kier alpha value is -1.75. The van der Waals surface area contributed by atoms with Crippen LogP contribution in [0.2, 0.25) is 0 Å². The van der Waals surface area contributed by atoms with Crippen molar-refractivity contribution in [1.29, 1.82) is 0 Å². The third-order valence-corrected chi connectivity index (χ3v) is 3.70. The first-order valence-corrected chi connectivity index (χ1v) is 6.94. The van der Waals surface area contributed by atoms with Crippen molar-refractivity contribution < 1.29 is 0 Å². The summed E-state index contributed by atoms with van der Waals surface area (Å²) < 4.78 is 1.76. The molecule has 19 heavy (non-hydrogen) atoms. The molecule has 1 heterocycles. The monoisotopic (exact) mass is 272 g/mol. The van der Waals surface area contributed by atoms with Crippen molar-refractivity contribution >= 4 is 17.2 Å². The van der Waals surface area contributed by atoms with Crippen molar-refractivity contribution in [2.24, 2.45) is 5.73 Å². The Morgan fingerprint density at radius 1 is 1.26 bits per heavy atom. The van der Waals surface area contributed by atoms with Gasteiger partial charge in [-0.25, -0.2) is 4.68 Å². The summed E-state index contributed by atoms with van der Waals surface area (Å²) in [4.78, 5) is 0.421. The van der Waals surface area contributed by atoms with Crippen LogP contribution in [0.25, 0.3) is 11.3 Å². The van der Waals surface area contributed by atoms with Crippen LogP contribution in [0.4, 0.5) is 0 Å². The molecule has 1 aliphatic carbocycles. The number of thiocarbonyl (C=S) groups is 1. The third-order valence-electron chi connectivity index (χ3n) is 3.57. The molecule has 0 amide bonds. The minimum atomic E-state index is 0.421. The lowest BCUT2D eigenvalue weighted by molar-refractivity contribution is 0.681. The molecule has 0 fully saturated rings. The van der Waals surface area contributed by atoms with E-state index in [1.54, 1.807) is 10.9 Å². The molecule has 0 atom stereocenters. The molecule has 0 bridgehead atoms. The highest BCUT2D eigenvalue weighted by Gasteiger charge is 2.13. The normalized spacial score (nSPS) is 14.1. The second-order valence-electron chi connectivity index (χ2n) is 4.93. The van der Waals surface area contributed by atoms with Crippen molar-refractivity contribution in [2.75, 3.05) is 0 Å². The molecular formula is C14H16N4S. The molecule has 2 N–H and O–H groups in total. The number of rotatable bonds is 3. The van der Waals surface area contributed by atoms with Crippen molar-refractivity contribution in [2.45, 2.75) is 32.2 Å². The minimum absolute atomic E-state index is 0.421. The first kappa shape index (κ1) is 12.3. The highest BCUT2D eigenvalue weighted by molar-refractivity contribution is 7.80. The van der Waals surface area contributed by atoms with E-state index in [-0.39, 0.29) is 0 Å². The van der Waals surface area contributed by atoms with Gasteiger partial charge in [-0.15, -0.1) is 5.10 Å². The number of benzene rings is 1. The molecular weight excluding hydrogens is 256 g/mol. The molecule has 2 aromatic rings. The van der Waals surface area contributed by atoms with E-state index >= 15 is 0 Å². The van der Waals surface area contributed by atoms with Crippen LogP contribution in [-0.4, -0.2) is 20.0 Å². The summed E-state index contributed by atoms with van der Waals surface area (Å²) >= 11 is 4.94. The highest BCUT2D eigenvalue weighted by atomic mass is 32.1. The molecule has 0 spiro atoms. The maximum absolute atomic E-state index is 5.58. The lowest BCUT2D eigenvalue weighted by atomic mass is 9.90. The summed E-state index contributed by atoms with van der Waals surface area (Å²) in [6.07, 6.45) is 6.71. The predicted octanol–water partition coefficient (Wildman–Crippen LogP) is 2.11. The Labute approximate surface area is 117 Å². The Balaban J connectivity index is 1.98. The van der Waals surface area contributed by atoms with E-state index in [0.717, 1.165) is 11.3 Å². The van der Waals surface area contributed by atoms with Crippen LogP contribution in [0, 0.1) is 0 Å². The maximum Gasteiger partial charge on any atom is 0.0946 e. The van der Waals surface area contributed by atoms with Crippen LogP contribution in [0.3, 0.4) is 0 Å². The van der Waals surface area contributed by atoms with E-state index in [4.69, 9.17) is 18.0 Å². The first-order chi connectivity index (χ1) is 9.24. The van der Waals surface area contributed by atoms with E-state index in [2.05, 4.69) is 28.5 Å². The Morgan fingerprint density at radius 2 is 2.05 bits per heavy atom. The van der Waals surface area contributed by atoms with Crippen LogP contribution in [0.15, 0.2) is 24.4 Å². The fourth-order valence-electron chi connectivity index (χ4n) is 2.64. The summed E-state index contributed by atoms with van der Waals surface area (Å²) in [6, 6.07) is 6.62. The molecule has 0 aliphatic heterocycles. The van der Waals surface area contributed by atoms with Gasteiger partial charge in [-0.3, -0.25) is 0 Å². The fraction of sp³-hybridized carbons (Fsp3) is 0.357. The van der Waals surface area contributed by atoms with Gasteiger partial charge in [-0.2, -0.15) is 0 Å². The molecule has 0 radical (unpaired) electrons. The SMILES string of the molecule is NC(=S)Cn1nncc1-c1ccc2c(c1)CCCC2. The largest absolute Gasteiger partial charge is 0.392 e. The second-order valence-corrected chi connectivity index (χ2v) is 5.46. The average Bonchev–Trinajstić information content (AvgIpc) is 2.85. The van der Waals surface area contributed by atoms with Gasteiger partial charge >= 0.3 is 0 Å². The molecule has 1 aliphatic rings. The van der Waals surface area contributed by atoms with Crippen LogP contribution in [-0.2, 0) is 19.4 Å². The molecule has 0 saturated heterocycles. The lowest BCUT2D eigenvalue weighted by Crippen LogP contribution is -2.18.